The van der Waals surface area contributed by atoms with E-state index in [2.05, 4.69) is 10.0 Å². The second-order valence-electron chi connectivity index (χ2n) is 6.50. The molecule has 0 aliphatic heterocycles. The third-order valence-electron chi connectivity index (χ3n) is 4.11. The lowest BCUT2D eigenvalue weighted by atomic mass is 10.1. The molecule has 28 heavy (non-hydrogen) atoms. The number of halogens is 1. The molecule has 4 N–H and O–H groups in total. The van der Waals surface area contributed by atoms with Crippen molar-refractivity contribution in [3.05, 3.63) is 54.1 Å². The Hall–Kier alpha value is -2.09. The van der Waals surface area contributed by atoms with Crippen molar-refractivity contribution in [2.75, 3.05) is 16.6 Å². The minimum absolute atomic E-state index is 0. The molecule has 0 radical (unpaired) electrons. The number of amides is 1. The highest BCUT2D eigenvalue weighted by Crippen LogP contribution is 2.19. The smallest absolute Gasteiger partial charge is 0.261 e. The predicted molar refractivity (Wildman–Crippen MR) is 116 cm³/mol. The third-order valence-corrected chi connectivity index (χ3v) is 5.51. The van der Waals surface area contributed by atoms with E-state index in [1.807, 2.05) is 6.92 Å². The van der Waals surface area contributed by atoms with Gasteiger partial charge in [0.25, 0.3) is 10.0 Å². The highest BCUT2D eigenvalue weighted by atomic mass is 35.5. The minimum atomic E-state index is -3.63. The maximum atomic E-state index is 12.4. The van der Waals surface area contributed by atoms with Gasteiger partial charge in [0.2, 0.25) is 5.91 Å². The summed E-state index contributed by atoms with van der Waals surface area (Å²) in [6, 6.07) is 13.3. The Kier molecular flexibility index (Phi) is 9.99. The Labute approximate surface area is 173 Å². The molecule has 0 aliphatic rings. The van der Waals surface area contributed by atoms with Gasteiger partial charge < -0.3 is 11.1 Å². The second kappa shape index (κ2) is 11.7. The molecule has 0 spiro atoms. The van der Waals surface area contributed by atoms with E-state index in [9.17, 15) is 13.2 Å². The van der Waals surface area contributed by atoms with Gasteiger partial charge in [-0.1, -0.05) is 30.5 Å². The molecule has 2 rings (SSSR count). The van der Waals surface area contributed by atoms with Gasteiger partial charge in [-0.3, -0.25) is 9.52 Å². The molecule has 0 unspecified atom stereocenters. The standard InChI is InChI=1S/C20H27N3O3S.ClH/c1-16-7-13-19(14-8-16)27(25,26)23-18-11-9-17(10-12-18)22-20(24)6-4-2-3-5-15-21;/h7-14,23H,2-6,15,21H2,1H3,(H,22,24);1H. The van der Waals surface area contributed by atoms with E-state index in [0.29, 0.717) is 24.3 Å². The van der Waals surface area contributed by atoms with Crippen LogP contribution in [0, 0.1) is 6.92 Å². The van der Waals surface area contributed by atoms with Crippen molar-refractivity contribution in [1.82, 2.24) is 0 Å². The summed E-state index contributed by atoms with van der Waals surface area (Å²) in [7, 11) is -3.63. The zero-order valence-electron chi connectivity index (χ0n) is 16.0. The van der Waals surface area contributed by atoms with Gasteiger partial charge in [0, 0.05) is 17.8 Å². The van der Waals surface area contributed by atoms with Crippen LogP contribution in [0.5, 0.6) is 0 Å². The first-order valence-corrected chi connectivity index (χ1v) is 10.6. The number of hydrogen-bond acceptors (Lipinski definition) is 4. The first-order chi connectivity index (χ1) is 12.9. The van der Waals surface area contributed by atoms with Crippen LogP contribution in [0.15, 0.2) is 53.4 Å². The van der Waals surface area contributed by atoms with E-state index in [1.165, 1.54) is 0 Å². The minimum Gasteiger partial charge on any atom is -0.330 e. The Morgan fingerprint density at radius 3 is 2.07 bits per heavy atom. The number of rotatable bonds is 10. The van der Waals surface area contributed by atoms with Gasteiger partial charge in [-0.25, -0.2) is 8.42 Å². The lowest BCUT2D eigenvalue weighted by molar-refractivity contribution is -0.116. The number of carbonyl (C=O) groups is 1. The molecule has 6 nitrogen and oxygen atoms in total. The van der Waals surface area contributed by atoms with Gasteiger partial charge in [-0.15, -0.1) is 12.4 Å². The Balaban J connectivity index is 0.00000392. The number of anilines is 2. The lowest BCUT2D eigenvalue weighted by Crippen LogP contribution is -2.13. The second-order valence-corrected chi connectivity index (χ2v) is 8.18. The van der Waals surface area contributed by atoms with Crippen LogP contribution in [0.2, 0.25) is 0 Å². The molecule has 0 atom stereocenters. The van der Waals surface area contributed by atoms with Crippen LogP contribution in [-0.2, 0) is 14.8 Å². The first kappa shape index (κ1) is 23.9. The highest BCUT2D eigenvalue weighted by molar-refractivity contribution is 7.92. The summed E-state index contributed by atoms with van der Waals surface area (Å²) in [5.74, 6) is -0.0456. The summed E-state index contributed by atoms with van der Waals surface area (Å²) in [4.78, 5) is 12.1. The average molecular weight is 426 g/mol. The molecule has 154 valence electrons. The Bertz CT molecular complexity index is 838. The van der Waals surface area contributed by atoms with Crippen LogP contribution in [0.4, 0.5) is 11.4 Å². The maximum Gasteiger partial charge on any atom is 0.261 e. The molecular weight excluding hydrogens is 398 g/mol. The molecule has 8 heteroatoms. The van der Waals surface area contributed by atoms with Gasteiger partial charge in [0.15, 0.2) is 0 Å². The Morgan fingerprint density at radius 1 is 0.893 bits per heavy atom. The quantitative estimate of drug-likeness (QED) is 0.499. The lowest BCUT2D eigenvalue weighted by Gasteiger charge is -2.10. The number of nitrogens with two attached hydrogens (primary N) is 1. The molecule has 2 aromatic carbocycles. The number of nitrogens with one attached hydrogen (secondary N) is 2. The van der Waals surface area contributed by atoms with Crippen LogP contribution < -0.4 is 15.8 Å². The van der Waals surface area contributed by atoms with Gasteiger partial charge >= 0.3 is 0 Å². The van der Waals surface area contributed by atoms with Crippen molar-refractivity contribution in [3.8, 4) is 0 Å². The fraction of sp³-hybridized carbons (Fsp3) is 0.350. The van der Waals surface area contributed by atoms with Gasteiger partial charge in [-0.2, -0.15) is 0 Å². The fourth-order valence-electron chi connectivity index (χ4n) is 2.56. The third kappa shape index (κ3) is 7.88. The molecule has 0 fully saturated rings. The van der Waals surface area contributed by atoms with Crippen LogP contribution in [0.3, 0.4) is 0 Å². The molecule has 1 amide bonds. The molecule has 0 aromatic heterocycles. The fourth-order valence-corrected chi connectivity index (χ4v) is 3.62. The van der Waals surface area contributed by atoms with Crippen molar-refractivity contribution in [2.24, 2.45) is 5.73 Å². The SMILES string of the molecule is Cc1ccc(S(=O)(=O)Nc2ccc(NC(=O)CCCCCCN)cc2)cc1.Cl. The zero-order valence-corrected chi connectivity index (χ0v) is 17.6. The van der Waals surface area contributed by atoms with Crippen molar-refractivity contribution >= 4 is 39.7 Å². The van der Waals surface area contributed by atoms with Crippen molar-refractivity contribution in [1.29, 1.82) is 0 Å². The molecule has 0 heterocycles. The summed E-state index contributed by atoms with van der Waals surface area (Å²) < 4.78 is 27.3. The molecule has 0 saturated carbocycles. The Morgan fingerprint density at radius 2 is 1.46 bits per heavy atom. The first-order valence-electron chi connectivity index (χ1n) is 9.10. The van der Waals surface area contributed by atoms with Crippen LogP contribution in [-0.4, -0.2) is 20.9 Å². The summed E-state index contributed by atoms with van der Waals surface area (Å²) in [6.45, 7) is 2.59. The summed E-state index contributed by atoms with van der Waals surface area (Å²) in [5.41, 5.74) is 7.51. The summed E-state index contributed by atoms with van der Waals surface area (Å²) in [6.07, 6.45) is 4.32. The predicted octanol–water partition coefficient (Wildman–Crippen LogP) is 4.07. The number of carbonyl (C=O) groups excluding carboxylic acids is 1. The summed E-state index contributed by atoms with van der Waals surface area (Å²) in [5, 5.41) is 2.82. The monoisotopic (exact) mass is 425 g/mol. The van der Waals surface area contributed by atoms with Gasteiger partial charge in [-0.05, 0) is 62.7 Å². The maximum absolute atomic E-state index is 12.4. The molecular formula is C20H28ClN3O3S. The van der Waals surface area contributed by atoms with Crippen LogP contribution >= 0.6 is 12.4 Å². The number of benzene rings is 2. The van der Waals surface area contributed by atoms with E-state index in [4.69, 9.17) is 5.73 Å². The molecule has 0 aliphatic carbocycles. The topological polar surface area (TPSA) is 101 Å². The van der Waals surface area contributed by atoms with Crippen molar-refractivity contribution in [2.45, 2.75) is 43.9 Å². The van der Waals surface area contributed by atoms with E-state index in [0.717, 1.165) is 31.2 Å². The molecule has 0 bridgehead atoms. The van der Waals surface area contributed by atoms with E-state index in [1.54, 1.807) is 48.5 Å². The molecule has 0 saturated heterocycles. The number of sulfonamides is 1. The van der Waals surface area contributed by atoms with Crippen molar-refractivity contribution < 1.29 is 13.2 Å². The molecule has 2 aromatic rings. The normalized spacial score (nSPS) is 10.8. The number of aryl methyl sites for hydroxylation is 1. The highest BCUT2D eigenvalue weighted by Gasteiger charge is 2.13. The zero-order chi connectivity index (χ0) is 19.7. The van der Waals surface area contributed by atoms with E-state index >= 15 is 0 Å². The van der Waals surface area contributed by atoms with Crippen LogP contribution in [0.1, 0.15) is 37.7 Å². The average Bonchev–Trinajstić information content (AvgIpc) is 2.63. The van der Waals surface area contributed by atoms with Gasteiger partial charge in [0.05, 0.1) is 4.90 Å². The number of hydrogen-bond donors (Lipinski definition) is 3. The van der Waals surface area contributed by atoms with Crippen molar-refractivity contribution in [3.63, 3.8) is 0 Å². The summed E-state index contributed by atoms with van der Waals surface area (Å²) >= 11 is 0. The van der Waals surface area contributed by atoms with E-state index in [-0.39, 0.29) is 23.2 Å². The van der Waals surface area contributed by atoms with Gasteiger partial charge in [0.1, 0.15) is 0 Å². The van der Waals surface area contributed by atoms with E-state index < -0.39 is 10.0 Å². The largest absolute Gasteiger partial charge is 0.330 e. The number of unbranched alkanes of at least 4 members (excludes halogenated alkanes) is 3. The van der Waals surface area contributed by atoms with Crippen LogP contribution in [0.25, 0.3) is 0 Å².